The predicted octanol–water partition coefficient (Wildman–Crippen LogP) is 1.33. The second-order valence-electron chi connectivity index (χ2n) is 3.95. The monoisotopic (exact) mass is 234 g/mol. The Kier molecular flexibility index (Phi) is 3.94. The van der Waals surface area contributed by atoms with Gasteiger partial charge in [-0.2, -0.15) is 5.26 Å². The molecule has 17 heavy (non-hydrogen) atoms. The van der Waals surface area contributed by atoms with Crippen LogP contribution in [0.25, 0.3) is 0 Å². The lowest BCUT2D eigenvalue weighted by atomic mass is 10.1. The number of carbonyl (C=O) groups is 1. The van der Waals surface area contributed by atoms with Crippen LogP contribution in [0, 0.1) is 17.2 Å². The second-order valence-corrected chi connectivity index (χ2v) is 3.95. The molecule has 1 aromatic carbocycles. The zero-order valence-electron chi connectivity index (χ0n) is 9.71. The predicted molar refractivity (Wildman–Crippen MR) is 61.5 cm³/mol. The summed E-state index contributed by atoms with van der Waals surface area (Å²) >= 11 is 0. The lowest BCUT2D eigenvalue weighted by Crippen LogP contribution is -2.30. The minimum atomic E-state index is -0.349. The van der Waals surface area contributed by atoms with Crippen molar-refractivity contribution in [1.29, 1.82) is 5.26 Å². The van der Waals surface area contributed by atoms with Crippen LogP contribution in [0.4, 0.5) is 0 Å². The van der Waals surface area contributed by atoms with E-state index in [9.17, 15) is 15.0 Å². The molecule has 1 aromatic rings. The Labute approximate surface area is 99.5 Å². The molecule has 0 spiro atoms. The number of nitriles is 1. The van der Waals surface area contributed by atoms with E-state index in [1.165, 1.54) is 17.0 Å². The number of aromatic hydroxyl groups is 2. The molecule has 5 nitrogen and oxygen atoms in total. The van der Waals surface area contributed by atoms with E-state index in [1.807, 2.05) is 6.07 Å². The van der Waals surface area contributed by atoms with Crippen molar-refractivity contribution < 1.29 is 15.0 Å². The van der Waals surface area contributed by atoms with E-state index in [0.29, 0.717) is 6.54 Å². The van der Waals surface area contributed by atoms with Gasteiger partial charge in [-0.25, -0.2) is 0 Å². The van der Waals surface area contributed by atoms with Crippen molar-refractivity contribution in [2.24, 2.45) is 5.92 Å². The summed E-state index contributed by atoms with van der Waals surface area (Å²) in [5, 5.41) is 27.2. The maximum absolute atomic E-state index is 11.9. The van der Waals surface area contributed by atoms with Gasteiger partial charge in [0.05, 0.1) is 12.0 Å². The molecule has 2 N–H and O–H groups in total. The first-order chi connectivity index (χ1) is 7.93. The highest BCUT2D eigenvalue weighted by molar-refractivity contribution is 5.94. The molecular weight excluding hydrogens is 220 g/mol. The second kappa shape index (κ2) is 5.21. The molecular formula is C12H14N2O3. The number of amides is 1. The summed E-state index contributed by atoms with van der Waals surface area (Å²) in [6.07, 6.45) is 0. The van der Waals surface area contributed by atoms with E-state index < -0.39 is 0 Å². The standard InChI is InChI=1S/C12H14N2O3/c1-8(6-13)7-14(2)12(17)9-3-10(15)5-11(16)4-9/h3-5,8,15-16H,7H2,1-2H3. The van der Waals surface area contributed by atoms with Gasteiger partial charge in [0, 0.05) is 25.2 Å². The van der Waals surface area contributed by atoms with Gasteiger partial charge in [0.15, 0.2) is 0 Å². The van der Waals surface area contributed by atoms with Crippen LogP contribution in [0.1, 0.15) is 17.3 Å². The van der Waals surface area contributed by atoms with Gasteiger partial charge in [-0.3, -0.25) is 4.79 Å². The van der Waals surface area contributed by atoms with Crippen LogP contribution in [0.3, 0.4) is 0 Å². The maximum Gasteiger partial charge on any atom is 0.253 e. The molecule has 0 aliphatic rings. The Bertz CT molecular complexity index is 445. The summed E-state index contributed by atoms with van der Waals surface area (Å²) in [5.74, 6) is -0.960. The highest BCUT2D eigenvalue weighted by Gasteiger charge is 2.15. The van der Waals surface area contributed by atoms with E-state index in [-0.39, 0.29) is 28.9 Å². The number of nitrogens with zero attached hydrogens (tertiary/aromatic N) is 2. The molecule has 0 aliphatic carbocycles. The molecule has 1 rings (SSSR count). The van der Waals surface area contributed by atoms with Gasteiger partial charge in [-0.15, -0.1) is 0 Å². The van der Waals surface area contributed by atoms with Crippen molar-refractivity contribution in [1.82, 2.24) is 4.90 Å². The third-order valence-electron chi connectivity index (χ3n) is 2.26. The average molecular weight is 234 g/mol. The third-order valence-corrected chi connectivity index (χ3v) is 2.26. The highest BCUT2D eigenvalue weighted by atomic mass is 16.3. The third kappa shape index (κ3) is 3.38. The lowest BCUT2D eigenvalue weighted by Gasteiger charge is -2.18. The molecule has 0 saturated carbocycles. The summed E-state index contributed by atoms with van der Waals surface area (Å²) in [6, 6.07) is 5.73. The topological polar surface area (TPSA) is 84.6 Å². The first-order valence-electron chi connectivity index (χ1n) is 5.12. The van der Waals surface area contributed by atoms with E-state index in [4.69, 9.17) is 5.26 Å². The van der Waals surface area contributed by atoms with Crippen LogP contribution in [-0.2, 0) is 0 Å². The SMILES string of the molecule is CC(C#N)CN(C)C(=O)c1cc(O)cc(O)c1. The fourth-order valence-electron chi connectivity index (χ4n) is 1.47. The van der Waals surface area contributed by atoms with E-state index >= 15 is 0 Å². The molecule has 1 atom stereocenters. The highest BCUT2D eigenvalue weighted by Crippen LogP contribution is 2.21. The zero-order chi connectivity index (χ0) is 13.0. The molecule has 0 heterocycles. The molecule has 0 aromatic heterocycles. The van der Waals surface area contributed by atoms with Gasteiger partial charge in [0.2, 0.25) is 0 Å². The molecule has 0 bridgehead atoms. The van der Waals surface area contributed by atoms with Gasteiger partial charge < -0.3 is 15.1 Å². The molecule has 0 fully saturated rings. The number of benzene rings is 1. The number of hydrogen-bond acceptors (Lipinski definition) is 4. The number of rotatable bonds is 3. The fraction of sp³-hybridized carbons (Fsp3) is 0.333. The molecule has 90 valence electrons. The van der Waals surface area contributed by atoms with E-state index in [1.54, 1.807) is 14.0 Å². The number of phenols is 2. The Hall–Kier alpha value is -2.22. The van der Waals surface area contributed by atoms with Gasteiger partial charge in [0.1, 0.15) is 11.5 Å². The summed E-state index contributed by atoms with van der Waals surface area (Å²) in [7, 11) is 1.57. The minimum absolute atomic E-state index is 0.171. The van der Waals surface area contributed by atoms with Crippen molar-refractivity contribution in [3.63, 3.8) is 0 Å². The van der Waals surface area contributed by atoms with Gasteiger partial charge in [-0.05, 0) is 19.1 Å². The van der Waals surface area contributed by atoms with Crippen LogP contribution in [-0.4, -0.2) is 34.6 Å². The van der Waals surface area contributed by atoms with Crippen LogP contribution in [0.5, 0.6) is 11.5 Å². The van der Waals surface area contributed by atoms with Crippen molar-refractivity contribution in [3.05, 3.63) is 23.8 Å². The number of phenolic OH excluding ortho intramolecular Hbond substituents is 2. The number of carbonyl (C=O) groups excluding carboxylic acids is 1. The van der Waals surface area contributed by atoms with E-state index in [0.717, 1.165) is 6.07 Å². The summed E-state index contributed by atoms with van der Waals surface area (Å²) in [4.78, 5) is 13.3. The molecule has 5 heteroatoms. The number of hydrogen-bond donors (Lipinski definition) is 2. The van der Waals surface area contributed by atoms with Gasteiger partial charge in [0.25, 0.3) is 5.91 Å². The molecule has 1 unspecified atom stereocenters. The Morgan fingerprint density at radius 2 is 1.94 bits per heavy atom. The summed E-state index contributed by atoms with van der Waals surface area (Å²) in [6.45, 7) is 2.01. The fourth-order valence-corrected chi connectivity index (χ4v) is 1.47. The first-order valence-corrected chi connectivity index (χ1v) is 5.12. The summed E-state index contributed by atoms with van der Waals surface area (Å²) in [5.41, 5.74) is 0.190. The smallest absolute Gasteiger partial charge is 0.253 e. The lowest BCUT2D eigenvalue weighted by molar-refractivity contribution is 0.0784. The Morgan fingerprint density at radius 1 is 1.41 bits per heavy atom. The largest absolute Gasteiger partial charge is 0.508 e. The molecule has 1 amide bonds. The van der Waals surface area contributed by atoms with Crippen molar-refractivity contribution in [2.75, 3.05) is 13.6 Å². The first kappa shape index (κ1) is 12.8. The van der Waals surface area contributed by atoms with Crippen LogP contribution in [0.2, 0.25) is 0 Å². The zero-order valence-corrected chi connectivity index (χ0v) is 9.71. The van der Waals surface area contributed by atoms with E-state index in [2.05, 4.69) is 0 Å². The van der Waals surface area contributed by atoms with Gasteiger partial charge >= 0.3 is 0 Å². The molecule has 0 saturated heterocycles. The summed E-state index contributed by atoms with van der Waals surface area (Å²) < 4.78 is 0. The van der Waals surface area contributed by atoms with Crippen LogP contribution in [0.15, 0.2) is 18.2 Å². The van der Waals surface area contributed by atoms with Crippen LogP contribution >= 0.6 is 0 Å². The van der Waals surface area contributed by atoms with Crippen LogP contribution < -0.4 is 0 Å². The van der Waals surface area contributed by atoms with Gasteiger partial charge in [-0.1, -0.05) is 0 Å². The average Bonchev–Trinajstić information content (AvgIpc) is 2.26. The van der Waals surface area contributed by atoms with Crippen molar-refractivity contribution in [3.8, 4) is 17.6 Å². The normalized spacial score (nSPS) is 11.6. The van der Waals surface area contributed by atoms with Crippen molar-refractivity contribution >= 4 is 5.91 Å². The minimum Gasteiger partial charge on any atom is -0.508 e. The molecule has 0 aliphatic heterocycles. The Morgan fingerprint density at radius 3 is 2.41 bits per heavy atom. The van der Waals surface area contributed by atoms with Crippen molar-refractivity contribution in [2.45, 2.75) is 6.92 Å². The maximum atomic E-state index is 11.9. The molecule has 0 radical (unpaired) electrons. The quantitative estimate of drug-likeness (QED) is 0.826. The Balaban J connectivity index is 2.86.